The van der Waals surface area contributed by atoms with E-state index in [0.717, 1.165) is 32.2 Å². The Labute approximate surface area is 130 Å². The lowest BCUT2D eigenvalue weighted by Crippen LogP contribution is -2.54. The van der Waals surface area contributed by atoms with Crippen molar-refractivity contribution in [2.45, 2.75) is 57.0 Å². The average molecular weight is 312 g/mol. The zero-order valence-electron chi connectivity index (χ0n) is 12.7. The molecular formula is C15H24N2O3S. The number of hydrogen-bond acceptors (Lipinski definition) is 3. The summed E-state index contributed by atoms with van der Waals surface area (Å²) in [5.74, 6) is 0.597. The number of amides is 2. The second kappa shape index (κ2) is 5.71. The average Bonchev–Trinajstić information content (AvgIpc) is 3.01. The molecule has 6 heteroatoms. The molecule has 2 heterocycles. The molecular weight excluding hydrogens is 288 g/mol. The van der Waals surface area contributed by atoms with Crippen LogP contribution in [-0.4, -0.2) is 56.7 Å². The van der Waals surface area contributed by atoms with E-state index in [1.165, 1.54) is 0 Å². The minimum atomic E-state index is -0.862. The third-order valence-electron chi connectivity index (χ3n) is 4.88. The summed E-state index contributed by atoms with van der Waals surface area (Å²) in [5, 5.41) is 9.52. The largest absolute Gasteiger partial charge is 0.480 e. The van der Waals surface area contributed by atoms with Gasteiger partial charge in [0, 0.05) is 18.3 Å². The molecule has 0 radical (unpaired) electrons. The first-order chi connectivity index (χ1) is 10.0. The molecule has 2 saturated heterocycles. The summed E-state index contributed by atoms with van der Waals surface area (Å²) >= 11 is 1.65. The van der Waals surface area contributed by atoms with Gasteiger partial charge in [0.1, 0.15) is 6.04 Å². The smallest absolute Gasteiger partial charge is 0.327 e. The maximum absolute atomic E-state index is 13.0. The SMILES string of the molecule is CC(C)C1CCCN1C(=O)N1C(C(=O)O)CSC1C1CC1. The highest BCUT2D eigenvalue weighted by Crippen LogP contribution is 2.46. The molecule has 0 aromatic heterocycles. The molecule has 3 rings (SSSR count). The molecule has 21 heavy (non-hydrogen) atoms. The number of nitrogens with zero attached hydrogens (tertiary/aromatic N) is 2. The van der Waals surface area contributed by atoms with Gasteiger partial charge < -0.3 is 10.0 Å². The molecule has 3 unspecified atom stereocenters. The number of carbonyl (C=O) groups is 2. The lowest BCUT2D eigenvalue weighted by Gasteiger charge is -2.35. The van der Waals surface area contributed by atoms with Gasteiger partial charge in [-0.15, -0.1) is 11.8 Å². The van der Waals surface area contributed by atoms with Crippen molar-refractivity contribution in [1.82, 2.24) is 9.80 Å². The molecule has 1 N–H and O–H groups in total. The Morgan fingerprint density at radius 3 is 2.52 bits per heavy atom. The number of rotatable bonds is 3. The monoisotopic (exact) mass is 312 g/mol. The Bertz CT molecular complexity index is 439. The predicted molar refractivity (Wildman–Crippen MR) is 82.2 cm³/mol. The van der Waals surface area contributed by atoms with Crippen LogP contribution in [0.3, 0.4) is 0 Å². The summed E-state index contributed by atoms with van der Waals surface area (Å²) in [5.41, 5.74) is 0. The maximum Gasteiger partial charge on any atom is 0.327 e. The van der Waals surface area contributed by atoms with Crippen LogP contribution >= 0.6 is 11.8 Å². The number of thioether (sulfide) groups is 1. The molecule has 1 aliphatic carbocycles. The molecule has 3 fully saturated rings. The van der Waals surface area contributed by atoms with Crippen molar-refractivity contribution in [1.29, 1.82) is 0 Å². The van der Waals surface area contributed by atoms with E-state index in [1.807, 2.05) is 4.90 Å². The van der Waals surface area contributed by atoms with Crippen molar-refractivity contribution >= 4 is 23.8 Å². The van der Waals surface area contributed by atoms with Gasteiger partial charge in [-0.25, -0.2) is 9.59 Å². The van der Waals surface area contributed by atoms with Crippen LogP contribution in [0.1, 0.15) is 39.5 Å². The van der Waals surface area contributed by atoms with Gasteiger partial charge >= 0.3 is 12.0 Å². The Hall–Kier alpha value is -0.910. The van der Waals surface area contributed by atoms with E-state index >= 15 is 0 Å². The maximum atomic E-state index is 13.0. The topological polar surface area (TPSA) is 60.9 Å². The fraction of sp³-hybridized carbons (Fsp3) is 0.867. The summed E-state index contributed by atoms with van der Waals surface area (Å²) in [4.78, 5) is 28.1. The Kier molecular flexibility index (Phi) is 4.08. The van der Waals surface area contributed by atoms with Crippen molar-refractivity contribution in [3.05, 3.63) is 0 Å². The second-order valence-corrected chi connectivity index (χ2v) is 7.90. The molecule has 2 aliphatic heterocycles. The summed E-state index contributed by atoms with van der Waals surface area (Å²) < 4.78 is 0. The fourth-order valence-corrected chi connectivity index (χ4v) is 5.20. The molecule has 5 nitrogen and oxygen atoms in total. The van der Waals surface area contributed by atoms with E-state index in [2.05, 4.69) is 13.8 Å². The van der Waals surface area contributed by atoms with Crippen LogP contribution in [0, 0.1) is 11.8 Å². The van der Waals surface area contributed by atoms with Gasteiger partial charge in [0.2, 0.25) is 0 Å². The number of hydrogen-bond donors (Lipinski definition) is 1. The third-order valence-corrected chi connectivity index (χ3v) is 6.34. The van der Waals surface area contributed by atoms with E-state index in [-0.39, 0.29) is 17.4 Å². The van der Waals surface area contributed by atoms with Crippen molar-refractivity contribution in [3.63, 3.8) is 0 Å². The summed E-state index contributed by atoms with van der Waals surface area (Å²) in [6.45, 7) is 5.05. The first-order valence-corrected chi connectivity index (χ1v) is 8.99. The summed E-state index contributed by atoms with van der Waals surface area (Å²) in [7, 11) is 0. The minimum Gasteiger partial charge on any atom is -0.480 e. The van der Waals surface area contributed by atoms with E-state index in [4.69, 9.17) is 0 Å². The normalized spacial score (nSPS) is 33.0. The highest BCUT2D eigenvalue weighted by Gasteiger charge is 2.50. The van der Waals surface area contributed by atoms with Crippen LogP contribution < -0.4 is 0 Å². The van der Waals surface area contributed by atoms with Crippen molar-refractivity contribution in [2.75, 3.05) is 12.3 Å². The number of carboxylic acid groups (broad SMARTS) is 1. The third kappa shape index (κ3) is 2.74. The molecule has 118 valence electrons. The lowest BCUT2D eigenvalue weighted by molar-refractivity contribution is -0.141. The number of carbonyl (C=O) groups excluding carboxylic acids is 1. The lowest BCUT2D eigenvalue weighted by atomic mass is 10.0. The Morgan fingerprint density at radius 2 is 1.95 bits per heavy atom. The molecule has 3 aliphatic rings. The first-order valence-electron chi connectivity index (χ1n) is 7.94. The van der Waals surface area contributed by atoms with Crippen LogP contribution in [-0.2, 0) is 4.79 Å². The fourth-order valence-electron chi connectivity index (χ4n) is 3.58. The molecule has 0 bridgehead atoms. The van der Waals surface area contributed by atoms with E-state index in [9.17, 15) is 14.7 Å². The van der Waals surface area contributed by atoms with Gasteiger partial charge in [-0.3, -0.25) is 4.90 Å². The first kappa shape index (κ1) is 15.0. The molecule has 1 saturated carbocycles. The van der Waals surface area contributed by atoms with Crippen LogP contribution in [0.15, 0.2) is 0 Å². The second-order valence-electron chi connectivity index (χ2n) is 6.75. The summed E-state index contributed by atoms with van der Waals surface area (Å²) in [6.07, 6.45) is 4.32. The van der Waals surface area contributed by atoms with Crippen LogP contribution in [0.25, 0.3) is 0 Å². The van der Waals surface area contributed by atoms with E-state index < -0.39 is 12.0 Å². The van der Waals surface area contributed by atoms with Crippen molar-refractivity contribution in [3.8, 4) is 0 Å². The van der Waals surface area contributed by atoms with Gasteiger partial charge in [0.05, 0.1) is 5.37 Å². The van der Waals surface area contributed by atoms with Gasteiger partial charge in [0.15, 0.2) is 0 Å². The van der Waals surface area contributed by atoms with Gasteiger partial charge in [-0.1, -0.05) is 13.8 Å². The van der Waals surface area contributed by atoms with E-state index in [1.54, 1.807) is 16.7 Å². The highest BCUT2D eigenvalue weighted by molar-refractivity contribution is 8.00. The Balaban J connectivity index is 1.80. The van der Waals surface area contributed by atoms with Crippen LogP contribution in [0.2, 0.25) is 0 Å². The highest BCUT2D eigenvalue weighted by atomic mass is 32.2. The molecule has 0 aromatic rings. The predicted octanol–water partition coefficient (Wildman–Crippen LogP) is 2.46. The van der Waals surface area contributed by atoms with Crippen LogP contribution in [0.4, 0.5) is 4.79 Å². The quantitative estimate of drug-likeness (QED) is 0.869. The number of urea groups is 1. The molecule has 2 amide bonds. The van der Waals surface area contributed by atoms with Crippen molar-refractivity contribution in [2.24, 2.45) is 11.8 Å². The van der Waals surface area contributed by atoms with Gasteiger partial charge in [0.25, 0.3) is 0 Å². The molecule has 0 spiro atoms. The number of carboxylic acids is 1. The minimum absolute atomic E-state index is 0.0412. The summed E-state index contributed by atoms with van der Waals surface area (Å²) in [6, 6.07) is -0.431. The Morgan fingerprint density at radius 1 is 1.24 bits per heavy atom. The van der Waals surface area contributed by atoms with Crippen molar-refractivity contribution < 1.29 is 14.7 Å². The van der Waals surface area contributed by atoms with Crippen LogP contribution in [0.5, 0.6) is 0 Å². The standard InChI is InChI=1S/C15H24N2O3S/c1-9(2)11-4-3-7-16(11)15(20)17-12(14(18)19)8-21-13(17)10-5-6-10/h9-13H,3-8H2,1-2H3,(H,18,19). The number of likely N-dealkylation sites (tertiary alicyclic amines) is 1. The zero-order chi connectivity index (χ0) is 15.1. The van der Waals surface area contributed by atoms with Gasteiger partial charge in [-0.2, -0.15) is 0 Å². The van der Waals surface area contributed by atoms with Gasteiger partial charge in [-0.05, 0) is 37.5 Å². The number of aliphatic carboxylic acids is 1. The molecule has 3 atom stereocenters. The molecule has 0 aromatic carbocycles. The van der Waals surface area contributed by atoms with E-state index in [0.29, 0.717) is 17.6 Å². The zero-order valence-corrected chi connectivity index (χ0v) is 13.5.